The van der Waals surface area contributed by atoms with Crippen LogP contribution in [0.2, 0.25) is 0 Å². The topological polar surface area (TPSA) is 42.6 Å². The SMILES string of the molecule is Cc1cc2c3cc(C(C)(C)C)cc4c3n(c2cc1Oc1cc(C2=N[C@@H]3c5cc(C)c(C)c(C)c5-c5c(cc(C)c(C)c5C)[C@]3(C)N2c2c(C)c(C)cc(C)c2C)cc(-c2c(C(C)C)cccc2C(C)C)c1)-c1ncccc1C4(C)C. The van der Waals surface area contributed by atoms with Crippen molar-refractivity contribution in [1.29, 1.82) is 0 Å². The monoisotopic (exact) mass is 1050 g/mol. The third-order valence-corrected chi connectivity index (χ3v) is 19.9. The summed E-state index contributed by atoms with van der Waals surface area (Å²) >= 11 is 0. The molecule has 0 bridgehead atoms. The van der Waals surface area contributed by atoms with E-state index in [1.54, 1.807) is 0 Å². The standard InChI is InChI=1S/C75H82N4O/c1-38(2)55-24-22-25-56(39(3)4)67(55)51-32-52(34-54(33-51)80-64-37-63-57(30-44(64)9)58-35-53(73(16,17)18)36-62-69(58)78(63)72-60(74(62,19)20)26-23-27-76-72)71-77-70-59-29-42(7)45(10)49(14)65(59)66-50(15)46(11)43(8)31-61(66)75(70,21)79(71)68-47(12)40(5)28-41(6)48(68)13/h22-39,70H,1-21H3/t70-,75+/m1/s1. The van der Waals surface area contributed by atoms with Crippen LogP contribution < -0.4 is 9.64 Å². The summed E-state index contributed by atoms with van der Waals surface area (Å²) in [5, 5.41) is 2.47. The summed E-state index contributed by atoms with van der Waals surface area (Å²) in [7, 11) is 0. The summed E-state index contributed by atoms with van der Waals surface area (Å²) in [6.45, 7) is 48.8. The fourth-order valence-electron chi connectivity index (χ4n) is 14.5. The van der Waals surface area contributed by atoms with Gasteiger partial charge in [-0.2, -0.15) is 0 Å². The van der Waals surface area contributed by atoms with E-state index in [1.807, 2.05) is 6.20 Å². The van der Waals surface area contributed by atoms with Crippen LogP contribution in [0.5, 0.6) is 11.5 Å². The third-order valence-electron chi connectivity index (χ3n) is 19.9. The number of aliphatic imine (C=N–C) groups is 1. The molecule has 2 atom stereocenters. The first kappa shape index (κ1) is 53.4. The molecule has 5 nitrogen and oxygen atoms in total. The van der Waals surface area contributed by atoms with Crippen LogP contribution in [0, 0.1) is 76.2 Å². The highest BCUT2D eigenvalue weighted by Gasteiger charge is 2.55. The zero-order chi connectivity index (χ0) is 57.3. The third kappa shape index (κ3) is 7.54. The van der Waals surface area contributed by atoms with Gasteiger partial charge in [-0.05, 0) is 254 Å². The van der Waals surface area contributed by atoms with Crippen molar-refractivity contribution in [3.8, 4) is 39.6 Å². The van der Waals surface area contributed by atoms with Gasteiger partial charge in [0, 0.05) is 45.3 Å². The Kier molecular flexibility index (Phi) is 12.1. The Bertz CT molecular complexity index is 4150. The number of fused-ring (bicyclic) bond motifs is 11. The summed E-state index contributed by atoms with van der Waals surface area (Å²) in [4.78, 5) is 14.1. The number of hydrogen-bond acceptors (Lipinski definition) is 4. The maximum atomic E-state index is 7.60. The Balaban J connectivity index is 1.16. The van der Waals surface area contributed by atoms with Gasteiger partial charge in [-0.3, -0.25) is 9.56 Å². The van der Waals surface area contributed by atoms with Crippen molar-refractivity contribution in [3.63, 3.8) is 0 Å². The molecule has 0 saturated heterocycles. The molecule has 12 rings (SSSR count). The van der Waals surface area contributed by atoms with Crippen LogP contribution in [0.25, 0.3) is 49.9 Å². The van der Waals surface area contributed by atoms with E-state index in [1.165, 1.54) is 133 Å². The van der Waals surface area contributed by atoms with E-state index in [-0.39, 0.29) is 28.7 Å². The Morgan fingerprint density at radius 3 is 1.80 bits per heavy atom. The van der Waals surface area contributed by atoms with Crippen LogP contribution in [0.4, 0.5) is 5.69 Å². The number of pyridine rings is 1. The van der Waals surface area contributed by atoms with E-state index < -0.39 is 5.54 Å². The van der Waals surface area contributed by atoms with Gasteiger partial charge in [-0.15, -0.1) is 0 Å². The van der Waals surface area contributed by atoms with Crippen LogP contribution in [0.1, 0.15) is 193 Å². The number of ether oxygens (including phenoxy) is 1. The molecule has 80 heavy (non-hydrogen) atoms. The minimum atomic E-state index is -0.606. The second-order valence-corrected chi connectivity index (χ2v) is 26.8. The number of hydrogen-bond donors (Lipinski definition) is 0. The average molecular weight is 1060 g/mol. The molecule has 2 aromatic heterocycles. The van der Waals surface area contributed by atoms with Crippen LogP contribution in [0.15, 0.2) is 102 Å². The van der Waals surface area contributed by atoms with Crippen LogP contribution in [-0.4, -0.2) is 15.4 Å². The van der Waals surface area contributed by atoms with Crippen molar-refractivity contribution < 1.29 is 4.74 Å². The molecule has 0 unspecified atom stereocenters. The highest BCUT2D eigenvalue weighted by Crippen LogP contribution is 2.61. The molecule has 9 aromatic rings. The van der Waals surface area contributed by atoms with Crippen molar-refractivity contribution >= 4 is 33.3 Å². The van der Waals surface area contributed by atoms with Gasteiger partial charge in [-0.25, -0.2) is 4.98 Å². The molecule has 408 valence electrons. The molecule has 1 aliphatic carbocycles. The number of amidine groups is 1. The molecule has 0 fully saturated rings. The number of rotatable bonds is 7. The number of nitrogens with zero attached hydrogens (tertiary/aromatic N) is 4. The smallest absolute Gasteiger partial charge is 0.141 e. The minimum absolute atomic E-state index is 0.0422. The molecule has 7 aromatic carbocycles. The number of benzene rings is 7. The van der Waals surface area contributed by atoms with Crippen LogP contribution in [-0.2, 0) is 16.4 Å². The summed E-state index contributed by atoms with van der Waals surface area (Å²) in [6.07, 6.45) is 1.94. The lowest BCUT2D eigenvalue weighted by molar-refractivity contribution is 0.420. The lowest BCUT2D eigenvalue weighted by Crippen LogP contribution is -2.49. The van der Waals surface area contributed by atoms with Gasteiger partial charge in [-0.1, -0.05) is 111 Å². The first-order valence-corrected chi connectivity index (χ1v) is 29.4. The Morgan fingerprint density at radius 2 is 1.16 bits per heavy atom. The molecule has 3 aliphatic rings. The van der Waals surface area contributed by atoms with Crippen LogP contribution in [0.3, 0.4) is 0 Å². The molecule has 0 N–H and O–H groups in total. The largest absolute Gasteiger partial charge is 0.457 e. The number of aryl methyl sites for hydroxylation is 5. The molecule has 2 aliphatic heterocycles. The van der Waals surface area contributed by atoms with Gasteiger partial charge in [0.05, 0.1) is 16.6 Å². The van der Waals surface area contributed by atoms with Crippen molar-refractivity contribution in [1.82, 2.24) is 9.55 Å². The van der Waals surface area contributed by atoms with Gasteiger partial charge in [0.25, 0.3) is 0 Å². The van der Waals surface area contributed by atoms with Gasteiger partial charge >= 0.3 is 0 Å². The first-order valence-electron chi connectivity index (χ1n) is 29.4. The summed E-state index contributed by atoms with van der Waals surface area (Å²) in [5.41, 5.74) is 32.2. The van der Waals surface area contributed by atoms with Gasteiger partial charge in [0.2, 0.25) is 0 Å². The van der Waals surface area contributed by atoms with Gasteiger partial charge in [0.15, 0.2) is 0 Å². The van der Waals surface area contributed by atoms with E-state index in [2.05, 4.69) is 246 Å². The zero-order valence-corrected chi connectivity index (χ0v) is 51.7. The van der Waals surface area contributed by atoms with Crippen LogP contribution >= 0.6 is 0 Å². The van der Waals surface area contributed by atoms with Crippen molar-refractivity contribution in [2.45, 2.75) is 180 Å². The molecule has 0 radical (unpaired) electrons. The molecule has 0 spiro atoms. The maximum Gasteiger partial charge on any atom is 0.141 e. The van der Waals surface area contributed by atoms with Crippen molar-refractivity contribution in [2.75, 3.05) is 4.90 Å². The van der Waals surface area contributed by atoms with Gasteiger partial charge < -0.3 is 9.64 Å². The average Bonchev–Trinajstić information content (AvgIpc) is 3.39. The second-order valence-electron chi connectivity index (χ2n) is 26.8. The highest BCUT2D eigenvalue weighted by atomic mass is 16.5. The quantitative estimate of drug-likeness (QED) is 0.160. The molecule has 5 heteroatoms. The van der Waals surface area contributed by atoms with E-state index in [4.69, 9.17) is 14.7 Å². The van der Waals surface area contributed by atoms with Crippen molar-refractivity contribution in [3.05, 3.63) is 203 Å². The minimum Gasteiger partial charge on any atom is -0.457 e. The summed E-state index contributed by atoms with van der Waals surface area (Å²) in [6, 6.07) is 35.0. The second kappa shape index (κ2) is 18.1. The number of anilines is 1. The van der Waals surface area contributed by atoms with Gasteiger partial charge in [0.1, 0.15) is 29.2 Å². The summed E-state index contributed by atoms with van der Waals surface area (Å²) < 4.78 is 10.0. The first-order chi connectivity index (χ1) is 37.7. The van der Waals surface area contributed by atoms with E-state index in [0.717, 1.165) is 45.4 Å². The Morgan fingerprint density at radius 1 is 0.550 bits per heavy atom. The van der Waals surface area contributed by atoms with E-state index in [9.17, 15) is 0 Å². The highest BCUT2D eigenvalue weighted by molar-refractivity contribution is 6.16. The lowest BCUT2D eigenvalue weighted by Gasteiger charge is -2.47. The van der Waals surface area contributed by atoms with Crippen molar-refractivity contribution in [2.24, 2.45) is 4.99 Å². The predicted molar refractivity (Wildman–Crippen MR) is 339 cm³/mol. The Hall–Kier alpha value is -7.24. The van der Waals surface area contributed by atoms with E-state index in [0.29, 0.717) is 0 Å². The zero-order valence-electron chi connectivity index (χ0n) is 51.7. The molecule has 4 heterocycles. The Labute approximate surface area is 477 Å². The summed E-state index contributed by atoms with van der Waals surface area (Å²) in [5.74, 6) is 4.11. The molecule has 0 saturated carbocycles. The molecular formula is C75H82N4O. The molecule has 0 amide bonds. The fraction of sp³-hybridized carbons (Fsp3) is 0.360. The maximum absolute atomic E-state index is 7.60. The lowest BCUT2D eigenvalue weighted by atomic mass is 9.66. The molecular weight excluding hydrogens is 973 g/mol. The number of aromatic nitrogens is 2. The normalized spacial score (nSPS) is 17.1. The predicted octanol–water partition coefficient (Wildman–Crippen LogP) is 20.1. The van der Waals surface area contributed by atoms with E-state index >= 15 is 0 Å². The fourth-order valence-corrected chi connectivity index (χ4v) is 14.5.